The van der Waals surface area contributed by atoms with Gasteiger partial charge in [0.1, 0.15) is 0 Å². The van der Waals surface area contributed by atoms with Gasteiger partial charge < -0.3 is 24.6 Å². The molecule has 2 heterocycles. The van der Waals surface area contributed by atoms with Crippen LogP contribution in [0.25, 0.3) is 0 Å². The van der Waals surface area contributed by atoms with Crippen molar-refractivity contribution in [2.45, 2.75) is 25.8 Å². The second kappa shape index (κ2) is 10.4. The fourth-order valence-corrected chi connectivity index (χ4v) is 4.07. The number of benzene rings is 1. The third-order valence-corrected chi connectivity index (χ3v) is 5.50. The van der Waals surface area contributed by atoms with Crippen LogP contribution in [-0.2, 0) is 13.0 Å². The Labute approximate surface area is 180 Å². The third kappa shape index (κ3) is 5.40. The molecule has 7 heteroatoms. The van der Waals surface area contributed by atoms with Crippen LogP contribution in [-0.4, -0.2) is 70.3 Å². The summed E-state index contributed by atoms with van der Waals surface area (Å²) in [4.78, 5) is 9.29. The highest BCUT2D eigenvalue weighted by molar-refractivity contribution is 14.0. The van der Waals surface area contributed by atoms with E-state index in [4.69, 9.17) is 9.47 Å². The minimum absolute atomic E-state index is 0. The van der Waals surface area contributed by atoms with Crippen LogP contribution in [0.2, 0.25) is 0 Å². The lowest BCUT2D eigenvalue weighted by molar-refractivity contribution is 0.209. The molecule has 6 nitrogen and oxygen atoms in total. The highest BCUT2D eigenvalue weighted by Crippen LogP contribution is 2.33. The molecule has 0 spiro atoms. The summed E-state index contributed by atoms with van der Waals surface area (Å²) in [6.45, 7) is 5.20. The number of guanidine groups is 1. The fraction of sp³-hybridized carbons (Fsp3) is 0.650. The second-order valence-electron chi connectivity index (χ2n) is 7.35. The van der Waals surface area contributed by atoms with Gasteiger partial charge in [-0.1, -0.05) is 0 Å². The zero-order valence-electron chi connectivity index (χ0n) is 17.0. The minimum atomic E-state index is 0. The molecule has 0 amide bonds. The van der Waals surface area contributed by atoms with Crippen molar-refractivity contribution in [3.63, 3.8) is 0 Å². The average molecular weight is 488 g/mol. The molecule has 152 valence electrons. The first kappa shape index (κ1) is 22.1. The minimum Gasteiger partial charge on any atom is -0.493 e. The molecule has 1 N–H and O–H groups in total. The number of hydrogen-bond donors (Lipinski definition) is 1. The summed E-state index contributed by atoms with van der Waals surface area (Å²) in [6.07, 6.45) is 3.58. The van der Waals surface area contributed by atoms with Crippen molar-refractivity contribution < 1.29 is 9.47 Å². The van der Waals surface area contributed by atoms with Crippen LogP contribution in [0.3, 0.4) is 0 Å². The molecule has 2 aliphatic heterocycles. The van der Waals surface area contributed by atoms with Crippen LogP contribution in [0, 0.1) is 5.92 Å². The third-order valence-electron chi connectivity index (χ3n) is 5.50. The lowest BCUT2D eigenvalue weighted by Gasteiger charge is -2.34. The van der Waals surface area contributed by atoms with Gasteiger partial charge in [-0.2, -0.15) is 0 Å². The molecule has 27 heavy (non-hydrogen) atoms. The van der Waals surface area contributed by atoms with E-state index in [-0.39, 0.29) is 24.0 Å². The zero-order valence-corrected chi connectivity index (χ0v) is 19.3. The molecule has 1 aromatic rings. The summed E-state index contributed by atoms with van der Waals surface area (Å²) in [6, 6.07) is 4.21. The maximum Gasteiger partial charge on any atom is 0.193 e. The van der Waals surface area contributed by atoms with Crippen LogP contribution in [0.1, 0.15) is 24.0 Å². The van der Waals surface area contributed by atoms with Gasteiger partial charge in [0.15, 0.2) is 17.5 Å². The largest absolute Gasteiger partial charge is 0.493 e. The van der Waals surface area contributed by atoms with Crippen molar-refractivity contribution in [3.8, 4) is 11.5 Å². The average Bonchev–Trinajstić information content (AvgIpc) is 2.67. The smallest absolute Gasteiger partial charge is 0.193 e. The lowest BCUT2D eigenvalue weighted by Crippen LogP contribution is -2.47. The number of aliphatic imine (C=N–C) groups is 1. The van der Waals surface area contributed by atoms with E-state index in [0.29, 0.717) is 5.92 Å². The van der Waals surface area contributed by atoms with Crippen molar-refractivity contribution in [2.75, 3.05) is 54.5 Å². The number of fused-ring (bicyclic) bond motifs is 1. The van der Waals surface area contributed by atoms with Crippen LogP contribution in [0.15, 0.2) is 17.1 Å². The van der Waals surface area contributed by atoms with Crippen LogP contribution >= 0.6 is 24.0 Å². The molecule has 1 fully saturated rings. The van der Waals surface area contributed by atoms with E-state index in [1.54, 1.807) is 14.2 Å². The summed E-state index contributed by atoms with van der Waals surface area (Å²) in [7, 11) is 7.46. The number of rotatable bonds is 4. The van der Waals surface area contributed by atoms with Gasteiger partial charge in [0, 0.05) is 33.2 Å². The standard InChI is InChI=1S/C20H32N4O2.HI/c1-21-20(22-12-15-6-5-8-23(2)13-15)24-9-7-16-10-18(25-3)19(26-4)11-17(16)14-24;/h10-11,15H,5-9,12-14H2,1-4H3,(H,21,22);1H. The number of ether oxygens (including phenoxy) is 2. The Balaban J connectivity index is 0.00000261. The molecule has 0 aliphatic carbocycles. The lowest BCUT2D eigenvalue weighted by atomic mass is 9.98. The summed E-state index contributed by atoms with van der Waals surface area (Å²) >= 11 is 0. The van der Waals surface area contributed by atoms with E-state index in [0.717, 1.165) is 43.5 Å². The number of halogens is 1. The van der Waals surface area contributed by atoms with Gasteiger partial charge >= 0.3 is 0 Å². The maximum atomic E-state index is 5.47. The zero-order chi connectivity index (χ0) is 18.5. The first-order valence-electron chi connectivity index (χ1n) is 9.52. The van der Waals surface area contributed by atoms with E-state index < -0.39 is 0 Å². The molecule has 2 aliphatic rings. The van der Waals surface area contributed by atoms with Crippen molar-refractivity contribution in [1.82, 2.24) is 15.1 Å². The molecule has 1 saturated heterocycles. The van der Waals surface area contributed by atoms with Crippen LogP contribution in [0.5, 0.6) is 11.5 Å². The summed E-state index contributed by atoms with van der Waals surface area (Å²) in [5, 5.41) is 3.60. The van der Waals surface area contributed by atoms with Gasteiger partial charge in [-0.25, -0.2) is 0 Å². The van der Waals surface area contributed by atoms with Gasteiger partial charge in [0.2, 0.25) is 0 Å². The Kier molecular flexibility index (Phi) is 8.47. The Morgan fingerprint density at radius 2 is 1.89 bits per heavy atom. The van der Waals surface area contributed by atoms with Crippen molar-refractivity contribution in [2.24, 2.45) is 10.9 Å². The molecule has 1 unspecified atom stereocenters. The molecule has 1 aromatic carbocycles. The maximum absolute atomic E-state index is 5.47. The van der Waals surface area contributed by atoms with E-state index in [2.05, 4.69) is 39.3 Å². The van der Waals surface area contributed by atoms with Gasteiger partial charge in [-0.15, -0.1) is 24.0 Å². The molecular weight excluding hydrogens is 455 g/mol. The van der Waals surface area contributed by atoms with Crippen molar-refractivity contribution in [1.29, 1.82) is 0 Å². The topological polar surface area (TPSA) is 49.3 Å². The van der Waals surface area contributed by atoms with Gasteiger partial charge in [0.25, 0.3) is 0 Å². The second-order valence-corrected chi connectivity index (χ2v) is 7.35. The Hall–Kier alpha value is -1.22. The Morgan fingerprint density at radius 1 is 1.19 bits per heavy atom. The monoisotopic (exact) mass is 488 g/mol. The molecule has 3 rings (SSSR count). The Bertz CT molecular complexity index is 653. The van der Waals surface area contributed by atoms with Gasteiger partial charge in [-0.05, 0) is 62.0 Å². The molecule has 0 radical (unpaired) electrons. The first-order chi connectivity index (χ1) is 12.6. The van der Waals surface area contributed by atoms with E-state index in [1.807, 2.05) is 7.05 Å². The molecule has 1 atom stereocenters. The number of nitrogens with one attached hydrogen (secondary N) is 1. The summed E-state index contributed by atoms with van der Waals surface area (Å²) in [5.41, 5.74) is 2.62. The Morgan fingerprint density at radius 3 is 2.52 bits per heavy atom. The van der Waals surface area contributed by atoms with E-state index in [9.17, 15) is 0 Å². The van der Waals surface area contributed by atoms with Crippen molar-refractivity contribution in [3.05, 3.63) is 23.3 Å². The molecule has 0 bridgehead atoms. The predicted molar refractivity (Wildman–Crippen MR) is 121 cm³/mol. The van der Waals surface area contributed by atoms with Gasteiger partial charge in [0.05, 0.1) is 14.2 Å². The number of nitrogens with zero attached hydrogens (tertiary/aromatic N) is 3. The number of piperidine rings is 1. The highest BCUT2D eigenvalue weighted by Gasteiger charge is 2.23. The number of hydrogen-bond acceptors (Lipinski definition) is 4. The fourth-order valence-electron chi connectivity index (χ4n) is 4.07. The molecule has 0 saturated carbocycles. The predicted octanol–water partition coefficient (Wildman–Crippen LogP) is 2.60. The highest BCUT2D eigenvalue weighted by atomic mass is 127. The van der Waals surface area contributed by atoms with Crippen molar-refractivity contribution >= 4 is 29.9 Å². The molecular formula is C20H33IN4O2. The van der Waals surface area contributed by atoms with E-state index >= 15 is 0 Å². The van der Waals surface area contributed by atoms with Crippen LogP contribution in [0.4, 0.5) is 0 Å². The number of methoxy groups -OCH3 is 2. The number of likely N-dealkylation sites (tertiary alicyclic amines) is 1. The molecule has 0 aromatic heterocycles. The normalized spacial score (nSPS) is 20.5. The SMILES string of the molecule is CN=C(NCC1CCCN(C)C1)N1CCc2cc(OC)c(OC)cc2C1.I. The van der Waals surface area contributed by atoms with Crippen LogP contribution < -0.4 is 14.8 Å². The summed E-state index contributed by atoms with van der Waals surface area (Å²) < 4.78 is 10.9. The first-order valence-corrected chi connectivity index (χ1v) is 9.52. The van der Waals surface area contributed by atoms with Gasteiger partial charge in [-0.3, -0.25) is 4.99 Å². The summed E-state index contributed by atoms with van der Waals surface area (Å²) in [5.74, 6) is 3.30. The quantitative estimate of drug-likeness (QED) is 0.401. The van der Waals surface area contributed by atoms with E-state index in [1.165, 1.54) is 37.1 Å².